The van der Waals surface area contributed by atoms with E-state index in [1.165, 1.54) is 27.4 Å². The normalized spacial score (nSPS) is 17.6. The number of nitrogens with zero attached hydrogens (tertiary/aromatic N) is 2. The molecule has 0 saturated carbocycles. The third kappa shape index (κ3) is 4.21. The number of hydrogen-bond acceptors (Lipinski definition) is 7. The lowest BCUT2D eigenvalue weighted by Gasteiger charge is -2.29. The van der Waals surface area contributed by atoms with Crippen molar-refractivity contribution in [3.63, 3.8) is 0 Å². The van der Waals surface area contributed by atoms with Crippen molar-refractivity contribution in [2.24, 2.45) is 0 Å². The largest absolute Gasteiger partial charge is 0.482 e. The average Bonchev–Trinajstić information content (AvgIpc) is 3.51. The van der Waals surface area contributed by atoms with Crippen LogP contribution in [0.25, 0.3) is 0 Å². The third-order valence-corrected chi connectivity index (χ3v) is 7.70. The number of sulfonamides is 1. The fourth-order valence-corrected chi connectivity index (χ4v) is 5.58. The number of nitrogens with one attached hydrogen (secondary N) is 1. The number of hydrogen-bond donors (Lipinski definition) is 1. The van der Waals surface area contributed by atoms with E-state index < -0.39 is 15.9 Å². The molecule has 1 N–H and O–H groups in total. The fourth-order valence-electron chi connectivity index (χ4n) is 4.04. The van der Waals surface area contributed by atoms with Crippen molar-refractivity contribution >= 4 is 27.5 Å². The van der Waals surface area contributed by atoms with Crippen LogP contribution in [-0.4, -0.2) is 57.6 Å². The zero-order valence-electron chi connectivity index (χ0n) is 17.8. The number of carbonyl (C=O) groups is 2. The summed E-state index contributed by atoms with van der Waals surface area (Å²) >= 11 is 0. The van der Waals surface area contributed by atoms with Gasteiger partial charge >= 0.3 is 0 Å². The van der Waals surface area contributed by atoms with Crippen molar-refractivity contribution in [3.8, 4) is 17.2 Å². The van der Waals surface area contributed by atoms with Gasteiger partial charge in [-0.15, -0.1) is 0 Å². The topological polar surface area (TPSA) is 114 Å². The van der Waals surface area contributed by atoms with Crippen molar-refractivity contribution in [1.29, 1.82) is 0 Å². The number of carbonyl (C=O) groups excluding carboxylic acids is 2. The predicted molar refractivity (Wildman–Crippen MR) is 117 cm³/mol. The Labute approximate surface area is 191 Å². The third-order valence-electron chi connectivity index (χ3n) is 5.80. The van der Waals surface area contributed by atoms with Crippen LogP contribution in [0.15, 0.2) is 41.3 Å². The molecule has 5 rings (SSSR count). The molecule has 2 amide bonds. The molecule has 2 aromatic carbocycles. The fraction of sp³-hybridized carbons (Fsp3) is 0.364. The molecule has 0 bridgehead atoms. The van der Waals surface area contributed by atoms with Crippen LogP contribution in [0.5, 0.6) is 17.2 Å². The molecule has 11 heteroatoms. The van der Waals surface area contributed by atoms with Crippen LogP contribution in [0.4, 0.5) is 5.69 Å². The first-order valence-electron chi connectivity index (χ1n) is 10.6. The Morgan fingerprint density at radius 1 is 0.970 bits per heavy atom. The molecule has 3 aliphatic rings. The molecule has 0 unspecified atom stereocenters. The molecule has 0 atom stereocenters. The molecule has 174 valence electrons. The Hall–Kier alpha value is -3.31. The highest BCUT2D eigenvalue weighted by molar-refractivity contribution is 7.89. The van der Waals surface area contributed by atoms with E-state index in [1.807, 2.05) is 6.07 Å². The number of amides is 2. The van der Waals surface area contributed by atoms with Gasteiger partial charge in [0.2, 0.25) is 22.7 Å². The van der Waals surface area contributed by atoms with Crippen LogP contribution in [0.3, 0.4) is 0 Å². The zero-order chi connectivity index (χ0) is 23.0. The van der Waals surface area contributed by atoms with Gasteiger partial charge in [-0.05, 0) is 48.7 Å². The smallest absolute Gasteiger partial charge is 0.265 e. The summed E-state index contributed by atoms with van der Waals surface area (Å²) in [4.78, 5) is 26.5. The maximum atomic E-state index is 13.0. The van der Waals surface area contributed by atoms with E-state index in [0.29, 0.717) is 30.3 Å². The lowest BCUT2D eigenvalue weighted by molar-refractivity contribution is -0.125. The van der Waals surface area contributed by atoms with Gasteiger partial charge in [0.15, 0.2) is 18.1 Å². The quantitative estimate of drug-likeness (QED) is 0.671. The second-order valence-corrected chi connectivity index (χ2v) is 9.91. The zero-order valence-corrected chi connectivity index (χ0v) is 18.6. The summed E-state index contributed by atoms with van der Waals surface area (Å²) in [5, 5.41) is 2.78. The molecule has 3 aliphatic heterocycles. The summed E-state index contributed by atoms with van der Waals surface area (Å²) in [6.07, 6.45) is 1.64. The minimum absolute atomic E-state index is 0.0761. The first-order chi connectivity index (χ1) is 15.9. The molecule has 10 nitrogen and oxygen atoms in total. The SMILES string of the molecule is O=C(CN1C(=O)COc2ccc(S(=O)(=O)N3CCCC3)cc21)NCc1ccc2c(c1)OCO2. The van der Waals surface area contributed by atoms with Gasteiger partial charge in [0.25, 0.3) is 5.91 Å². The Morgan fingerprint density at radius 2 is 1.73 bits per heavy atom. The Balaban J connectivity index is 1.31. The minimum atomic E-state index is -3.68. The second-order valence-electron chi connectivity index (χ2n) is 7.97. The van der Waals surface area contributed by atoms with Gasteiger partial charge in [-0.2, -0.15) is 4.31 Å². The number of fused-ring (bicyclic) bond motifs is 2. The lowest BCUT2D eigenvalue weighted by atomic mass is 10.2. The molecule has 0 aromatic heterocycles. The summed E-state index contributed by atoms with van der Waals surface area (Å²) in [5.41, 5.74) is 1.09. The van der Waals surface area contributed by atoms with Crippen molar-refractivity contribution in [3.05, 3.63) is 42.0 Å². The number of anilines is 1. The van der Waals surface area contributed by atoms with Crippen molar-refractivity contribution < 1.29 is 32.2 Å². The molecule has 1 saturated heterocycles. The van der Waals surface area contributed by atoms with Gasteiger partial charge in [0.1, 0.15) is 12.3 Å². The van der Waals surface area contributed by atoms with Crippen molar-refractivity contribution in [2.75, 3.05) is 37.9 Å². The highest BCUT2D eigenvalue weighted by atomic mass is 32.2. The van der Waals surface area contributed by atoms with E-state index in [9.17, 15) is 18.0 Å². The van der Waals surface area contributed by atoms with E-state index in [2.05, 4.69) is 5.32 Å². The molecule has 0 spiro atoms. The van der Waals surface area contributed by atoms with Crippen LogP contribution in [0, 0.1) is 0 Å². The van der Waals surface area contributed by atoms with Gasteiger partial charge in [-0.25, -0.2) is 8.42 Å². The molecule has 33 heavy (non-hydrogen) atoms. The van der Waals surface area contributed by atoms with Gasteiger partial charge in [0.05, 0.1) is 10.6 Å². The molecule has 0 aliphatic carbocycles. The van der Waals surface area contributed by atoms with Crippen molar-refractivity contribution in [2.45, 2.75) is 24.3 Å². The molecule has 2 aromatic rings. The van der Waals surface area contributed by atoms with E-state index in [1.54, 1.807) is 12.1 Å². The van der Waals surface area contributed by atoms with Gasteiger partial charge < -0.3 is 19.5 Å². The number of benzene rings is 2. The summed E-state index contributed by atoms with van der Waals surface area (Å²) in [5.74, 6) is 0.822. The molecular formula is C22H23N3O7S. The molecule has 1 fully saturated rings. The highest BCUT2D eigenvalue weighted by Gasteiger charge is 2.32. The molecule has 0 radical (unpaired) electrons. The maximum absolute atomic E-state index is 13.0. The maximum Gasteiger partial charge on any atom is 0.265 e. The Morgan fingerprint density at radius 3 is 2.55 bits per heavy atom. The summed E-state index contributed by atoms with van der Waals surface area (Å²) < 4.78 is 43.4. The van der Waals surface area contributed by atoms with Gasteiger partial charge in [-0.1, -0.05) is 6.07 Å². The molecule has 3 heterocycles. The van der Waals surface area contributed by atoms with Crippen molar-refractivity contribution in [1.82, 2.24) is 9.62 Å². The van der Waals surface area contributed by atoms with Crippen LogP contribution in [-0.2, 0) is 26.2 Å². The first-order valence-corrected chi connectivity index (χ1v) is 12.1. The molecular weight excluding hydrogens is 450 g/mol. The van der Waals surface area contributed by atoms with Gasteiger partial charge in [-0.3, -0.25) is 14.5 Å². The van der Waals surface area contributed by atoms with E-state index in [0.717, 1.165) is 18.4 Å². The lowest BCUT2D eigenvalue weighted by Crippen LogP contribution is -2.45. The van der Waals surface area contributed by atoms with Crippen LogP contribution < -0.4 is 24.4 Å². The summed E-state index contributed by atoms with van der Waals surface area (Å²) in [6.45, 7) is 0.874. The van der Waals surface area contributed by atoms with Crippen LogP contribution in [0.1, 0.15) is 18.4 Å². The number of rotatable bonds is 6. The Kier molecular flexibility index (Phi) is 5.59. The van der Waals surface area contributed by atoms with E-state index in [-0.39, 0.29) is 43.0 Å². The van der Waals surface area contributed by atoms with Gasteiger partial charge in [0, 0.05) is 19.6 Å². The van der Waals surface area contributed by atoms with E-state index >= 15 is 0 Å². The minimum Gasteiger partial charge on any atom is -0.482 e. The number of ether oxygens (including phenoxy) is 3. The summed E-state index contributed by atoms with van der Waals surface area (Å²) in [7, 11) is -3.68. The Bertz CT molecular complexity index is 1210. The van der Waals surface area contributed by atoms with Crippen LogP contribution in [0.2, 0.25) is 0 Å². The highest BCUT2D eigenvalue weighted by Crippen LogP contribution is 2.35. The van der Waals surface area contributed by atoms with E-state index in [4.69, 9.17) is 14.2 Å². The first kappa shape index (κ1) is 21.5. The van der Waals surface area contributed by atoms with Crippen LogP contribution >= 0.6 is 0 Å². The predicted octanol–water partition coefficient (Wildman–Crippen LogP) is 1.24. The monoisotopic (exact) mass is 473 g/mol. The standard InChI is InChI=1S/C22H23N3O7S/c26-21(23-11-15-3-5-19-20(9-15)32-14-31-19)12-25-17-10-16(4-6-18(17)30-13-22(25)27)33(28,29)24-7-1-2-8-24/h3-6,9-10H,1-2,7-8,11-14H2,(H,23,26). The summed E-state index contributed by atoms with van der Waals surface area (Å²) in [6, 6.07) is 9.78. The average molecular weight is 474 g/mol. The second kappa shape index (κ2) is 8.56.